The molecule has 0 bridgehead atoms. The Bertz CT molecular complexity index is 1010. The van der Waals surface area contributed by atoms with E-state index in [1.165, 1.54) is 12.6 Å². The lowest BCUT2D eigenvalue weighted by atomic mass is 10.2. The van der Waals surface area contributed by atoms with E-state index in [1.807, 2.05) is 31.3 Å². The monoisotopic (exact) mass is 363 g/mol. The number of aromatic nitrogens is 5. The third kappa shape index (κ3) is 3.85. The van der Waals surface area contributed by atoms with Crippen molar-refractivity contribution in [2.45, 2.75) is 6.54 Å². The van der Waals surface area contributed by atoms with Crippen LogP contribution in [0.5, 0.6) is 0 Å². The summed E-state index contributed by atoms with van der Waals surface area (Å²) in [7, 11) is 3.49. The molecule has 0 fully saturated rings. The first-order valence-corrected chi connectivity index (χ1v) is 8.42. The van der Waals surface area contributed by atoms with Gasteiger partial charge in [0.25, 0.3) is 0 Å². The van der Waals surface area contributed by atoms with E-state index in [4.69, 9.17) is 0 Å². The fourth-order valence-corrected chi connectivity index (χ4v) is 2.77. The Labute approximate surface area is 156 Å². The molecule has 0 spiro atoms. The van der Waals surface area contributed by atoms with Gasteiger partial charge in [0.05, 0.1) is 11.9 Å². The van der Waals surface area contributed by atoms with Crippen molar-refractivity contribution >= 4 is 17.8 Å². The summed E-state index contributed by atoms with van der Waals surface area (Å²) >= 11 is 0. The molecule has 138 valence electrons. The summed E-state index contributed by atoms with van der Waals surface area (Å²) in [5.41, 5.74) is 8.36. The van der Waals surface area contributed by atoms with Gasteiger partial charge in [-0.3, -0.25) is 9.89 Å². The van der Waals surface area contributed by atoms with E-state index >= 15 is 0 Å². The number of benzene rings is 1. The highest BCUT2D eigenvalue weighted by atomic mass is 16.1. The first-order valence-electron chi connectivity index (χ1n) is 8.42. The van der Waals surface area contributed by atoms with Gasteiger partial charge in [0.15, 0.2) is 11.9 Å². The number of fused-ring (bicyclic) bond motifs is 1. The van der Waals surface area contributed by atoms with Gasteiger partial charge in [-0.05, 0) is 12.6 Å². The third-order valence-corrected chi connectivity index (χ3v) is 4.00. The van der Waals surface area contributed by atoms with Crippen LogP contribution in [0.15, 0.2) is 54.9 Å². The van der Waals surface area contributed by atoms with E-state index in [-0.39, 0.29) is 0 Å². The van der Waals surface area contributed by atoms with E-state index in [1.54, 1.807) is 23.0 Å². The zero-order valence-corrected chi connectivity index (χ0v) is 15.2. The van der Waals surface area contributed by atoms with Gasteiger partial charge in [-0.25, -0.2) is 9.50 Å². The van der Waals surface area contributed by atoms with Crippen LogP contribution < -0.4 is 10.6 Å². The fourth-order valence-electron chi connectivity index (χ4n) is 2.77. The van der Waals surface area contributed by atoms with E-state index < -0.39 is 0 Å². The Kier molecular flexibility index (Phi) is 5.58. The van der Waals surface area contributed by atoms with E-state index in [9.17, 15) is 4.79 Å². The molecule has 27 heavy (non-hydrogen) atoms. The van der Waals surface area contributed by atoms with Crippen LogP contribution in [0.3, 0.4) is 0 Å². The summed E-state index contributed by atoms with van der Waals surface area (Å²) < 4.78 is 1.66. The Morgan fingerprint density at radius 1 is 1.22 bits per heavy atom. The van der Waals surface area contributed by atoms with Crippen molar-refractivity contribution in [2.75, 3.05) is 19.0 Å². The number of carbonyl (C=O) groups is 1. The maximum Gasteiger partial charge on any atom is 0.170 e. The predicted molar refractivity (Wildman–Crippen MR) is 105 cm³/mol. The number of aromatic amines is 1. The molecule has 3 aromatic heterocycles. The molecule has 8 nitrogen and oxygen atoms in total. The van der Waals surface area contributed by atoms with Crippen molar-refractivity contribution in [3.63, 3.8) is 0 Å². The second-order valence-electron chi connectivity index (χ2n) is 5.79. The van der Waals surface area contributed by atoms with Crippen LogP contribution in [0.25, 0.3) is 16.9 Å². The SMILES string of the molecule is CN.CN(Cc1ccccc1)c1cc(-c2cn[nH]c2)n2nc(C=O)cc2n1. The predicted octanol–water partition coefficient (Wildman–Crippen LogP) is 2.14. The van der Waals surface area contributed by atoms with Crippen LogP contribution in [0, 0.1) is 0 Å². The smallest absolute Gasteiger partial charge is 0.170 e. The van der Waals surface area contributed by atoms with Gasteiger partial charge < -0.3 is 10.6 Å². The molecule has 1 aromatic carbocycles. The minimum atomic E-state index is 0.347. The normalized spacial score (nSPS) is 10.3. The molecule has 0 aliphatic carbocycles. The van der Waals surface area contributed by atoms with Crippen LogP contribution in [0.1, 0.15) is 16.1 Å². The van der Waals surface area contributed by atoms with Gasteiger partial charge in [-0.1, -0.05) is 30.3 Å². The molecule has 0 unspecified atom stereocenters. The Hall–Kier alpha value is -3.52. The fraction of sp³-hybridized carbons (Fsp3) is 0.158. The number of nitrogens with one attached hydrogen (secondary N) is 1. The Balaban J connectivity index is 0.00000102. The number of anilines is 1. The zero-order valence-electron chi connectivity index (χ0n) is 15.2. The Morgan fingerprint density at radius 3 is 2.67 bits per heavy atom. The van der Waals surface area contributed by atoms with Crippen molar-refractivity contribution < 1.29 is 4.79 Å². The van der Waals surface area contributed by atoms with Gasteiger partial charge in [0, 0.05) is 37.5 Å². The summed E-state index contributed by atoms with van der Waals surface area (Å²) in [6.45, 7) is 0.726. The number of rotatable bonds is 5. The second-order valence-corrected chi connectivity index (χ2v) is 5.79. The van der Waals surface area contributed by atoms with Gasteiger partial charge >= 0.3 is 0 Å². The van der Waals surface area contributed by atoms with Crippen molar-refractivity contribution in [3.05, 3.63) is 66.1 Å². The summed E-state index contributed by atoms with van der Waals surface area (Å²) in [6.07, 6.45) is 4.23. The van der Waals surface area contributed by atoms with Crippen LogP contribution >= 0.6 is 0 Å². The summed E-state index contributed by atoms with van der Waals surface area (Å²) in [4.78, 5) is 17.8. The molecule has 8 heteroatoms. The molecule has 0 saturated heterocycles. The van der Waals surface area contributed by atoms with Crippen LogP contribution in [-0.2, 0) is 6.54 Å². The first kappa shape index (κ1) is 18.3. The molecular weight excluding hydrogens is 342 g/mol. The van der Waals surface area contributed by atoms with Crippen LogP contribution in [0.2, 0.25) is 0 Å². The molecular formula is C19H21N7O. The number of nitrogens with zero attached hydrogens (tertiary/aromatic N) is 5. The molecule has 0 saturated carbocycles. The number of H-pyrrole nitrogens is 1. The summed E-state index contributed by atoms with van der Waals surface area (Å²) in [6, 6.07) is 13.8. The highest BCUT2D eigenvalue weighted by Crippen LogP contribution is 2.24. The van der Waals surface area contributed by atoms with E-state index in [0.717, 1.165) is 29.9 Å². The molecule has 3 heterocycles. The molecule has 0 radical (unpaired) electrons. The van der Waals surface area contributed by atoms with Gasteiger partial charge in [-0.15, -0.1) is 0 Å². The molecule has 0 aliphatic rings. The Morgan fingerprint density at radius 2 is 2.00 bits per heavy atom. The molecule has 0 atom stereocenters. The van der Waals surface area contributed by atoms with Crippen LogP contribution in [0.4, 0.5) is 5.82 Å². The zero-order chi connectivity index (χ0) is 19.2. The maximum atomic E-state index is 11.1. The minimum Gasteiger partial charge on any atom is -0.355 e. The largest absolute Gasteiger partial charge is 0.355 e. The quantitative estimate of drug-likeness (QED) is 0.526. The summed E-state index contributed by atoms with van der Waals surface area (Å²) in [5, 5.41) is 11.1. The maximum absolute atomic E-state index is 11.1. The molecule has 3 N–H and O–H groups in total. The lowest BCUT2D eigenvalue weighted by Crippen LogP contribution is -2.18. The van der Waals surface area contributed by atoms with Crippen molar-refractivity contribution in [1.82, 2.24) is 24.8 Å². The molecule has 0 amide bonds. The molecule has 0 aliphatic heterocycles. The highest BCUT2D eigenvalue weighted by molar-refractivity contribution is 5.76. The van der Waals surface area contributed by atoms with E-state index in [0.29, 0.717) is 11.3 Å². The average molecular weight is 363 g/mol. The second kappa shape index (κ2) is 8.24. The van der Waals surface area contributed by atoms with Crippen molar-refractivity contribution in [1.29, 1.82) is 0 Å². The first-order chi connectivity index (χ1) is 13.2. The van der Waals surface area contributed by atoms with Gasteiger partial charge in [0.2, 0.25) is 0 Å². The molecule has 4 rings (SSSR count). The lowest BCUT2D eigenvalue weighted by molar-refractivity contribution is 0.111. The van der Waals surface area contributed by atoms with Crippen LogP contribution in [-0.4, -0.2) is 45.2 Å². The number of aldehydes is 1. The van der Waals surface area contributed by atoms with Gasteiger partial charge in [0.1, 0.15) is 11.5 Å². The lowest BCUT2D eigenvalue weighted by Gasteiger charge is -2.19. The topological polar surface area (TPSA) is 105 Å². The molecule has 4 aromatic rings. The standard InChI is InChI=1S/C18H16N6O.CH5N/c1-23(11-13-5-3-2-4-6-13)17-8-16(14-9-19-20-10-14)24-18(21-17)7-15(12-25)22-24;1-2/h2-10,12H,11H2,1H3,(H,19,20);2H2,1H3. The third-order valence-electron chi connectivity index (χ3n) is 4.00. The van der Waals surface area contributed by atoms with Gasteiger partial charge in [-0.2, -0.15) is 10.2 Å². The average Bonchev–Trinajstić information content (AvgIpc) is 3.39. The number of nitrogens with two attached hydrogens (primary N) is 1. The highest BCUT2D eigenvalue weighted by Gasteiger charge is 2.14. The van der Waals surface area contributed by atoms with E-state index in [2.05, 4.69) is 43.0 Å². The summed E-state index contributed by atoms with van der Waals surface area (Å²) in [5.74, 6) is 0.796. The van der Waals surface area contributed by atoms with Crippen molar-refractivity contribution in [2.24, 2.45) is 5.73 Å². The number of hydrogen-bond donors (Lipinski definition) is 2. The minimum absolute atomic E-state index is 0.347. The number of hydrogen-bond acceptors (Lipinski definition) is 6. The van der Waals surface area contributed by atoms with Crippen molar-refractivity contribution in [3.8, 4) is 11.3 Å². The number of carbonyl (C=O) groups excluding carboxylic acids is 1.